The summed E-state index contributed by atoms with van der Waals surface area (Å²) in [7, 11) is 0. The van der Waals surface area contributed by atoms with Crippen molar-refractivity contribution in [3.05, 3.63) is 29.8 Å². The zero-order chi connectivity index (χ0) is 28.7. The van der Waals surface area contributed by atoms with E-state index >= 15 is 0 Å². The van der Waals surface area contributed by atoms with E-state index in [4.69, 9.17) is 22.9 Å². The van der Waals surface area contributed by atoms with Crippen molar-refractivity contribution in [2.45, 2.75) is 69.6 Å². The molecule has 1 aromatic rings. The molecule has 14 heteroatoms. The average Bonchev–Trinajstić information content (AvgIpc) is 2.85. The maximum Gasteiger partial charge on any atom is 0.326 e. The van der Waals surface area contributed by atoms with Crippen LogP contribution in [0.15, 0.2) is 29.3 Å². The number of benzene rings is 1. The van der Waals surface area contributed by atoms with Gasteiger partial charge < -0.3 is 49.1 Å². The molecule has 0 spiro atoms. The van der Waals surface area contributed by atoms with E-state index in [0.29, 0.717) is 31.4 Å². The summed E-state index contributed by atoms with van der Waals surface area (Å²) in [6.07, 6.45) is 1.70. The number of aliphatic imine (C=N–C) groups is 1. The molecule has 0 aliphatic heterocycles. The largest absolute Gasteiger partial charge is 0.508 e. The van der Waals surface area contributed by atoms with Gasteiger partial charge in [-0.3, -0.25) is 19.4 Å². The van der Waals surface area contributed by atoms with Crippen molar-refractivity contribution in [1.29, 1.82) is 0 Å². The highest BCUT2D eigenvalue weighted by atomic mass is 16.4. The summed E-state index contributed by atoms with van der Waals surface area (Å²) in [5, 5.41) is 26.7. The number of amides is 3. The number of unbranched alkanes of at least 4 members (excludes halogenated alkanes) is 1. The van der Waals surface area contributed by atoms with Crippen molar-refractivity contribution < 1.29 is 29.4 Å². The molecule has 0 radical (unpaired) electrons. The summed E-state index contributed by atoms with van der Waals surface area (Å²) >= 11 is 0. The standard InChI is InChI=1S/C24H40N8O6/c1-14(26)20(34)32-19(13-15-7-9-16(33)10-8-15)22(36)30-17(6-4-12-29-24(27)28)21(35)31-18(23(37)38)5-2-3-11-25/h7-10,14,17-19,33H,2-6,11-13,25-26H2,1H3,(H,30,36)(H,31,35)(H,32,34)(H,37,38)(H4,27,28,29). The van der Waals surface area contributed by atoms with Crippen LogP contribution in [0.5, 0.6) is 5.75 Å². The molecule has 14 nitrogen and oxygen atoms in total. The molecule has 38 heavy (non-hydrogen) atoms. The summed E-state index contributed by atoms with van der Waals surface area (Å²) in [5.41, 5.74) is 22.4. The summed E-state index contributed by atoms with van der Waals surface area (Å²) in [5.74, 6) is -3.27. The van der Waals surface area contributed by atoms with E-state index in [0.717, 1.165) is 0 Å². The van der Waals surface area contributed by atoms with Gasteiger partial charge in [0.05, 0.1) is 6.04 Å². The quantitative estimate of drug-likeness (QED) is 0.0600. The van der Waals surface area contributed by atoms with Crippen LogP contribution in [0.3, 0.4) is 0 Å². The van der Waals surface area contributed by atoms with E-state index in [2.05, 4.69) is 20.9 Å². The molecule has 0 bridgehead atoms. The van der Waals surface area contributed by atoms with Gasteiger partial charge in [-0.25, -0.2) is 4.79 Å². The van der Waals surface area contributed by atoms with Crippen LogP contribution < -0.4 is 38.9 Å². The first-order chi connectivity index (χ1) is 17.9. The molecule has 1 aromatic carbocycles. The smallest absolute Gasteiger partial charge is 0.326 e. The molecule has 0 aliphatic rings. The van der Waals surface area contributed by atoms with Crippen molar-refractivity contribution >= 4 is 29.7 Å². The van der Waals surface area contributed by atoms with Gasteiger partial charge in [0.25, 0.3) is 0 Å². The lowest BCUT2D eigenvalue weighted by molar-refractivity contribution is -0.142. The van der Waals surface area contributed by atoms with Crippen molar-refractivity contribution in [1.82, 2.24) is 16.0 Å². The number of carboxylic acid groups (broad SMARTS) is 1. The van der Waals surface area contributed by atoms with E-state index in [-0.39, 0.29) is 37.5 Å². The highest BCUT2D eigenvalue weighted by molar-refractivity contribution is 5.94. The number of aliphatic carboxylic acids is 1. The number of phenolic OH excluding ortho intramolecular Hbond substituents is 1. The van der Waals surface area contributed by atoms with Crippen LogP contribution in [0.1, 0.15) is 44.6 Å². The number of phenols is 1. The Morgan fingerprint density at radius 2 is 1.42 bits per heavy atom. The lowest BCUT2D eigenvalue weighted by atomic mass is 10.0. The average molecular weight is 537 g/mol. The van der Waals surface area contributed by atoms with Crippen molar-refractivity contribution in [3.63, 3.8) is 0 Å². The molecule has 0 aromatic heterocycles. The molecule has 13 N–H and O–H groups in total. The van der Waals surface area contributed by atoms with Gasteiger partial charge in [0.2, 0.25) is 17.7 Å². The first kappa shape index (κ1) is 32.1. The minimum absolute atomic E-state index is 0.0336. The van der Waals surface area contributed by atoms with Crippen LogP contribution in [-0.4, -0.2) is 77.1 Å². The fraction of sp³-hybridized carbons (Fsp3) is 0.542. The van der Waals surface area contributed by atoms with Crippen molar-refractivity contribution in [2.24, 2.45) is 27.9 Å². The van der Waals surface area contributed by atoms with Gasteiger partial charge in [0.1, 0.15) is 23.9 Å². The lowest BCUT2D eigenvalue weighted by Crippen LogP contribution is -2.57. The maximum absolute atomic E-state index is 13.3. The molecule has 0 heterocycles. The van der Waals surface area contributed by atoms with Gasteiger partial charge in [-0.15, -0.1) is 0 Å². The van der Waals surface area contributed by atoms with Crippen LogP contribution >= 0.6 is 0 Å². The van der Waals surface area contributed by atoms with E-state index in [9.17, 15) is 29.4 Å². The highest BCUT2D eigenvalue weighted by Gasteiger charge is 2.30. The fourth-order valence-electron chi connectivity index (χ4n) is 3.45. The van der Waals surface area contributed by atoms with Crippen molar-refractivity contribution in [2.75, 3.05) is 13.1 Å². The first-order valence-corrected chi connectivity index (χ1v) is 12.4. The van der Waals surface area contributed by atoms with Gasteiger partial charge in [-0.1, -0.05) is 12.1 Å². The van der Waals surface area contributed by atoms with Gasteiger partial charge in [-0.2, -0.15) is 0 Å². The third-order valence-electron chi connectivity index (χ3n) is 5.56. The summed E-state index contributed by atoms with van der Waals surface area (Å²) in [6, 6.07) is 1.75. The number of hydrogen-bond donors (Lipinski definition) is 9. The Balaban J connectivity index is 3.10. The molecule has 3 amide bonds. The number of carbonyl (C=O) groups is 4. The van der Waals surface area contributed by atoms with Gasteiger partial charge >= 0.3 is 5.97 Å². The molecular formula is C24H40N8O6. The summed E-state index contributed by atoms with van der Waals surface area (Å²) in [6.45, 7) is 2.03. The molecule has 1 rings (SSSR count). The first-order valence-electron chi connectivity index (χ1n) is 12.4. The lowest BCUT2D eigenvalue weighted by Gasteiger charge is -2.25. The number of aromatic hydroxyl groups is 1. The number of nitrogens with one attached hydrogen (secondary N) is 3. The second-order valence-corrected chi connectivity index (χ2v) is 8.91. The van der Waals surface area contributed by atoms with Crippen LogP contribution in [0.25, 0.3) is 0 Å². The number of guanidine groups is 1. The fourth-order valence-corrected chi connectivity index (χ4v) is 3.45. The molecule has 0 saturated heterocycles. The number of nitrogens with two attached hydrogens (primary N) is 4. The monoisotopic (exact) mass is 536 g/mol. The minimum Gasteiger partial charge on any atom is -0.508 e. The van der Waals surface area contributed by atoms with E-state index in [1.807, 2.05) is 0 Å². The normalized spacial score (nSPS) is 13.9. The van der Waals surface area contributed by atoms with Gasteiger partial charge in [0, 0.05) is 13.0 Å². The van der Waals surface area contributed by atoms with Crippen LogP contribution in [-0.2, 0) is 25.6 Å². The zero-order valence-electron chi connectivity index (χ0n) is 21.6. The van der Waals surface area contributed by atoms with Crippen LogP contribution in [0, 0.1) is 0 Å². The van der Waals surface area contributed by atoms with E-state index in [1.165, 1.54) is 19.1 Å². The third-order valence-corrected chi connectivity index (χ3v) is 5.56. The Morgan fingerprint density at radius 3 is 1.97 bits per heavy atom. The molecular weight excluding hydrogens is 496 g/mol. The topological polar surface area (TPSA) is 261 Å². The Labute approximate surface area is 221 Å². The van der Waals surface area contributed by atoms with Crippen molar-refractivity contribution in [3.8, 4) is 5.75 Å². The third kappa shape index (κ3) is 12.4. The zero-order valence-corrected chi connectivity index (χ0v) is 21.6. The predicted molar refractivity (Wildman–Crippen MR) is 142 cm³/mol. The number of carboxylic acids is 1. The van der Waals surface area contributed by atoms with E-state index < -0.39 is 47.9 Å². The number of nitrogens with zero attached hydrogens (tertiary/aromatic N) is 1. The number of rotatable bonds is 17. The second kappa shape index (κ2) is 16.8. The minimum atomic E-state index is -1.21. The highest BCUT2D eigenvalue weighted by Crippen LogP contribution is 2.12. The van der Waals surface area contributed by atoms with Gasteiger partial charge in [-0.05, 0) is 63.3 Å². The number of carbonyl (C=O) groups excluding carboxylic acids is 3. The number of hydrogen-bond acceptors (Lipinski definition) is 8. The molecule has 0 fully saturated rings. The Kier molecular flexibility index (Phi) is 14.2. The SMILES string of the molecule is CC(N)C(=O)NC(Cc1ccc(O)cc1)C(=O)NC(CCCN=C(N)N)C(=O)NC(CCCCN)C(=O)O. The predicted octanol–water partition coefficient (Wildman–Crippen LogP) is -2.00. The second-order valence-electron chi connectivity index (χ2n) is 8.91. The molecule has 0 aliphatic carbocycles. The van der Waals surface area contributed by atoms with E-state index in [1.54, 1.807) is 12.1 Å². The Morgan fingerprint density at radius 1 is 0.868 bits per heavy atom. The van der Waals surface area contributed by atoms with Crippen LogP contribution in [0.4, 0.5) is 0 Å². The molecule has 0 saturated carbocycles. The van der Waals surface area contributed by atoms with Gasteiger partial charge in [0.15, 0.2) is 5.96 Å². The summed E-state index contributed by atoms with van der Waals surface area (Å²) in [4.78, 5) is 54.2. The molecule has 212 valence electrons. The van der Waals surface area contributed by atoms with Crippen LogP contribution in [0.2, 0.25) is 0 Å². The molecule has 4 unspecified atom stereocenters. The summed E-state index contributed by atoms with van der Waals surface area (Å²) < 4.78 is 0. The maximum atomic E-state index is 13.3. The molecule has 4 atom stereocenters. The Bertz CT molecular complexity index is 950. The Hall–Kier alpha value is -3.91.